The third-order valence-electron chi connectivity index (χ3n) is 5.99. The first-order valence-electron chi connectivity index (χ1n) is 11.0. The zero-order valence-electron chi connectivity index (χ0n) is 18.4. The van der Waals surface area contributed by atoms with Gasteiger partial charge in [0.2, 0.25) is 0 Å². The highest BCUT2D eigenvalue weighted by atomic mass is 32.2. The van der Waals surface area contributed by atoms with Gasteiger partial charge in [-0.05, 0) is 48.9 Å². The number of hydrogen-bond acceptors (Lipinski definition) is 1. The molecule has 156 valence electrons. The molecule has 1 heteroatoms. The highest BCUT2D eigenvalue weighted by Gasteiger charge is 2.38. The molecule has 0 N–H and O–H groups in total. The fourth-order valence-electron chi connectivity index (χ4n) is 4.44. The molecule has 2 unspecified atom stereocenters. The smallest absolute Gasteiger partial charge is 0.0429 e. The van der Waals surface area contributed by atoms with Crippen LogP contribution in [-0.2, 0) is 22.3 Å². The summed E-state index contributed by atoms with van der Waals surface area (Å²) >= 11 is 2.09. The second kappa shape index (κ2) is 9.58. The second-order valence-electron chi connectivity index (χ2n) is 8.62. The van der Waals surface area contributed by atoms with Crippen LogP contribution in [0.2, 0.25) is 0 Å². The molecule has 0 spiro atoms. The molecule has 0 aliphatic carbocycles. The van der Waals surface area contributed by atoms with Gasteiger partial charge in [-0.2, -0.15) is 0 Å². The van der Waals surface area contributed by atoms with Crippen LogP contribution in [0.25, 0.3) is 0 Å². The van der Waals surface area contributed by atoms with Gasteiger partial charge in [0.15, 0.2) is 0 Å². The molecule has 0 aliphatic heterocycles. The Kier molecular flexibility index (Phi) is 6.63. The van der Waals surface area contributed by atoms with E-state index in [-0.39, 0.29) is 9.49 Å². The summed E-state index contributed by atoms with van der Waals surface area (Å²) in [6.07, 6.45) is 1.97. The average molecular weight is 423 g/mol. The van der Waals surface area contributed by atoms with Crippen molar-refractivity contribution in [3.8, 4) is 0 Å². The van der Waals surface area contributed by atoms with Crippen molar-refractivity contribution in [3.05, 3.63) is 144 Å². The van der Waals surface area contributed by atoms with E-state index in [1.54, 1.807) is 0 Å². The summed E-state index contributed by atoms with van der Waals surface area (Å²) in [5, 5.41) is 0. The van der Waals surface area contributed by atoms with Gasteiger partial charge in [0, 0.05) is 9.49 Å². The van der Waals surface area contributed by atoms with E-state index >= 15 is 0 Å². The van der Waals surface area contributed by atoms with Gasteiger partial charge in [-0.1, -0.05) is 121 Å². The maximum absolute atomic E-state index is 2.41. The van der Waals surface area contributed by atoms with Gasteiger partial charge >= 0.3 is 0 Å². The Labute approximate surface area is 191 Å². The summed E-state index contributed by atoms with van der Waals surface area (Å²) in [5.41, 5.74) is 5.49. The molecular formula is C30H30S. The van der Waals surface area contributed by atoms with E-state index in [2.05, 4.69) is 147 Å². The van der Waals surface area contributed by atoms with Crippen molar-refractivity contribution in [1.29, 1.82) is 0 Å². The van der Waals surface area contributed by atoms with Gasteiger partial charge in [-0.3, -0.25) is 0 Å². The van der Waals surface area contributed by atoms with Gasteiger partial charge in [0.1, 0.15) is 0 Å². The highest BCUT2D eigenvalue weighted by Crippen LogP contribution is 2.52. The first-order valence-corrected chi connectivity index (χ1v) is 11.8. The Hall–Kier alpha value is -2.77. The molecule has 0 aliphatic rings. The lowest BCUT2D eigenvalue weighted by molar-refractivity contribution is 0.629. The van der Waals surface area contributed by atoms with E-state index in [1.807, 2.05) is 0 Å². The van der Waals surface area contributed by atoms with Crippen LogP contribution >= 0.6 is 11.8 Å². The summed E-state index contributed by atoms with van der Waals surface area (Å²) in [6.45, 7) is 4.82. The minimum atomic E-state index is -0.0675. The molecule has 0 nitrogen and oxygen atoms in total. The molecule has 0 fully saturated rings. The minimum Gasteiger partial charge on any atom is -0.139 e. The number of thioether (sulfide) groups is 1. The fraction of sp³-hybridized carbons (Fsp3) is 0.200. The van der Waals surface area contributed by atoms with Crippen molar-refractivity contribution >= 4 is 11.8 Å². The van der Waals surface area contributed by atoms with Crippen LogP contribution in [0.15, 0.2) is 121 Å². The summed E-state index contributed by atoms with van der Waals surface area (Å²) < 4.78 is -0.135. The Bertz CT molecular complexity index is 971. The third kappa shape index (κ3) is 5.29. The monoisotopic (exact) mass is 422 g/mol. The van der Waals surface area contributed by atoms with Crippen LogP contribution < -0.4 is 0 Å². The van der Waals surface area contributed by atoms with Crippen molar-refractivity contribution in [1.82, 2.24) is 0 Å². The lowest BCUT2D eigenvalue weighted by Gasteiger charge is -2.40. The van der Waals surface area contributed by atoms with Gasteiger partial charge in [-0.25, -0.2) is 0 Å². The molecule has 4 rings (SSSR count). The maximum atomic E-state index is 2.41. The quantitative estimate of drug-likeness (QED) is 0.277. The molecular weight excluding hydrogens is 392 g/mol. The fourth-order valence-corrected chi connectivity index (χ4v) is 6.42. The van der Waals surface area contributed by atoms with Crippen LogP contribution in [-0.4, -0.2) is 0 Å². The van der Waals surface area contributed by atoms with E-state index in [9.17, 15) is 0 Å². The molecule has 0 heterocycles. The number of rotatable bonds is 8. The van der Waals surface area contributed by atoms with E-state index in [0.29, 0.717) is 0 Å². The highest BCUT2D eigenvalue weighted by molar-refractivity contribution is 8.01. The van der Waals surface area contributed by atoms with Crippen molar-refractivity contribution < 1.29 is 0 Å². The number of benzene rings is 4. The molecule has 31 heavy (non-hydrogen) atoms. The van der Waals surface area contributed by atoms with E-state index in [0.717, 1.165) is 12.8 Å². The van der Waals surface area contributed by atoms with Crippen LogP contribution in [0.3, 0.4) is 0 Å². The Morgan fingerprint density at radius 2 is 0.742 bits per heavy atom. The Balaban J connectivity index is 1.77. The third-order valence-corrected chi connectivity index (χ3v) is 7.65. The molecule has 0 radical (unpaired) electrons. The van der Waals surface area contributed by atoms with Crippen molar-refractivity contribution in [2.45, 2.75) is 36.2 Å². The number of hydrogen-bond donors (Lipinski definition) is 0. The average Bonchev–Trinajstić information content (AvgIpc) is 2.81. The minimum absolute atomic E-state index is 0.0675. The molecule has 0 saturated carbocycles. The standard InChI is InChI=1S/C30H30S/c1-29(27-19-11-5-12-20-27,23-25-15-7-3-8-16-25)31-30(2,28-21-13-6-14-22-28)24-26-17-9-4-10-18-26/h3-22H,23-24H2,1-2H3. The van der Waals surface area contributed by atoms with Crippen LogP contribution in [0, 0.1) is 0 Å². The van der Waals surface area contributed by atoms with Gasteiger partial charge in [0.05, 0.1) is 0 Å². The summed E-state index contributed by atoms with van der Waals surface area (Å²) in [6, 6.07) is 43.8. The lowest BCUT2D eigenvalue weighted by Crippen LogP contribution is -2.31. The molecule has 4 aromatic rings. The predicted octanol–water partition coefficient (Wildman–Crippen LogP) is 8.04. The predicted molar refractivity (Wildman–Crippen MR) is 135 cm³/mol. The van der Waals surface area contributed by atoms with Gasteiger partial charge in [0.25, 0.3) is 0 Å². The van der Waals surface area contributed by atoms with E-state index in [1.165, 1.54) is 22.3 Å². The van der Waals surface area contributed by atoms with Crippen LogP contribution in [0.5, 0.6) is 0 Å². The van der Waals surface area contributed by atoms with E-state index < -0.39 is 0 Å². The second-order valence-corrected chi connectivity index (χ2v) is 10.6. The summed E-state index contributed by atoms with van der Waals surface area (Å²) in [5.74, 6) is 0. The first-order chi connectivity index (χ1) is 15.1. The lowest BCUT2D eigenvalue weighted by atomic mass is 9.91. The summed E-state index contributed by atoms with van der Waals surface area (Å²) in [4.78, 5) is 0. The molecule has 0 amide bonds. The molecule has 2 atom stereocenters. The summed E-state index contributed by atoms with van der Waals surface area (Å²) in [7, 11) is 0. The topological polar surface area (TPSA) is 0 Å². The van der Waals surface area contributed by atoms with Gasteiger partial charge in [-0.15, -0.1) is 11.8 Å². The Morgan fingerprint density at radius 3 is 1.06 bits per heavy atom. The zero-order chi connectivity index (χ0) is 21.6. The normalized spacial score (nSPS) is 15.0. The van der Waals surface area contributed by atoms with Crippen LogP contribution in [0.1, 0.15) is 36.1 Å². The van der Waals surface area contributed by atoms with Gasteiger partial charge < -0.3 is 0 Å². The van der Waals surface area contributed by atoms with E-state index in [4.69, 9.17) is 0 Å². The first kappa shape index (κ1) is 21.5. The molecule has 4 aromatic carbocycles. The Morgan fingerprint density at radius 1 is 0.452 bits per heavy atom. The molecule has 0 aromatic heterocycles. The van der Waals surface area contributed by atoms with Crippen molar-refractivity contribution in [2.24, 2.45) is 0 Å². The zero-order valence-corrected chi connectivity index (χ0v) is 19.2. The van der Waals surface area contributed by atoms with Crippen molar-refractivity contribution in [3.63, 3.8) is 0 Å². The van der Waals surface area contributed by atoms with Crippen LogP contribution in [0.4, 0.5) is 0 Å². The molecule has 0 saturated heterocycles. The largest absolute Gasteiger partial charge is 0.139 e. The maximum Gasteiger partial charge on any atom is 0.0429 e. The molecule has 0 bridgehead atoms. The SMILES string of the molecule is CC(Cc1ccccc1)(SC(C)(Cc1ccccc1)c1ccccc1)c1ccccc1. The van der Waals surface area contributed by atoms with Crippen molar-refractivity contribution in [2.75, 3.05) is 0 Å².